The maximum atomic E-state index is 11.3. The highest BCUT2D eigenvalue weighted by molar-refractivity contribution is 7.85. The highest BCUT2D eigenvalue weighted by Gasteiger charge is 2.17. The summed E-state index contributed by atoms with van der Waals surface area (Å²) < 4.78 is 11.3. The van der Waals surface area contributed by atoms with Crippen LogP contribution in [0.1, 0.15) is 5.56 Å². The zero-order valence-corrected chi connectivity index (χ0v) is 11.6. The van der Waals surface area contributed by atoms with Gasteiger partial charge in [0.25, 0.3) is 5.69 Å². The monoisotopic (exact) mass is 283 g/mol. The first kappa shape index (κ1) is 14.0. The molecule has 0 aromatic heterocycles. The molecule has 0 unspecified atom stereocenters. The Balaban J connectivity index is 2.09. The van der Waals surface area contributed by atoms with Crippen LogP contribution >= 0.6 is 0 Å². The Kier molecular flexibility index (Phi) is 4.49. The Bertz CT molecular complexity index is 497. The Morgan fingerprint density at radius 3 is 2.68 bits per heavy atom. The molecular weight excluding hydrogens is 266 g/mol. The molecule has 1 heterocycles. The smallest absolute Gasteiger partial charge is 0.292 e. The molecule has 2 rings (SSSR count). The van der Waals surface area contributed by atoms with Gasteiger partial charge in [-0.2, -0.15) is 0 Å². The average molecular weight is 283 g/mol. The van der Waals surface area contributed by atoms with Crippen LogP contribution in [0.25, 0.3) is 0 Å². The van der Waals surface area contributed by atoms with Gasteiger partial charge in [0.05, 0.1) is 4.92 Å². The van der Waals surface area contributed by atoms with Crippen LogP contribution in [0.5, 0.6) is 0 Å². The van der Waals surface area contributed by atoms with Crippen LogP contribution < -0.4 is 5.32 Å². The van der Waals surface area contributed by atoms with Gasteiger partial charge in [-0.05, 0) is 11.6 Å². The molecule has 1 N–H and O–H groups in total. The van der Waals surface area contributed by atoms with Crippen molar-refractivity contribution in [3.63, 3.8) is 0 Å². The van der Waals surface area contributed by atoms with Crippen LogP contribution in [0.4, 0.5) is 11.4 Å². The van der Waals surface area contributed by atoms with Crippen LogP contribution in [-0.2, 0) is 17.3 Å². The molecule has 19 heavy (non-hydrogen) atoms. The molecule has 6 nitrogen and oxygen atoms in total. The van der Waals surface area contributed by atoms with Crippen molar-refractivity contribution in [1.82, 2.24) is 4.90 Å². The SMILES string of the molecule is CNc1cc(CN2CCS(=O)CC2)ccc1[N+](=O)[O-]. The highest BCUT2D eigenvalue weighted by Crippen LogP contribution is 2.25. The first-order valence-corrected chi connectivity index (χ1v) is 7.61. The molecule has 0 aliphatic carbocycles. The summed E-state index contributed by atoms with van der Waals surface area (Å²) in [5, 5.41) is 13.7. The van der Waals surface area contributed by atoms with E-state index in [1.165, 1.54) is 6.07 Å². The number of anilines is 1. The van der Waals surface area contributed by atoms with E-state index in [1.54, 1.807) is 13.1 Å². The summed E-state index contributed by atoms with van der Waals surface area (Å²) in [6.07, 6.45) is 0. The third-order valence-corrected chi connectivity index (χ3v) is 4.48. The second-order valence-electron chi connectivity index (χ2n) is 4.48. The predicted octanol–water partition coefficient (Wildman–Crippen LogP) is 1.20. The van der Waals surface area contributed by atoms with Crippen molar-refractivity contribution in [1.29, 1.82) is 0 Å². The summed E-state index contributed by atoms with van der Waals surface area (Å²) in [7, 11) is 0.999. The van der Waals surface area contributed by atoms with Gasteiger partial charge in [0, 0.05) is 55.1 Å². The lowest BCUT2D eigenvalue weighted by Gasteiger charge is -2.26. The first-order chi connectivity index (χ1) is 9.10. The molecule has 0 bridgehead atoms. The zero-order chi connectivity index (χ0) is 13.8. The van der Waals surface area contributed by atoms with E-state index in [4.69, 9.17) is 0 Å². The molecule has 0 saturated carbocycles. The minimum absolute atomic E-state index is 0.0889. The average Bonchev–Trinajstić information content (AvgIpc) is 2.41. The fourth-order valence-corrected chi connectivity index (χ4v) is 3.26. The predicted molar refractivity (Wildman–Crippen MR) is 75.8 cm³/mol. The lowest BCUT2D eigenvalue weighted by Crippen LogP contribution is -2.37. The summed E-state index contributed by atoms with van der Waals surface area (Å²) in [6, 6.07) is 5.12. The molecule has 0 spiro atoms. The lowest BCUT2D eigenvalue weighted by molar-refractivity contribution is -0.384. The minimum Gasteiger partial charge on any atom is -0.383 e. The molecule has 104 valence electrons. The zero-order valence-electron chi connectivity index (χ0n) is 10.8. The summed E-state index contributed by atoms with van der Waals surface area (Å²) in [5.74, 6) is 1.43. The van der Waals surface area contributed by atoms with Gasteiger partial charge >= 0.3 is 0 Å². The summed E-state index contributed by atoms with van der Waals surface area (Å²) in [5.41, 5.74) is 1.65. The number of nitrogens with zero attached hydrogens (tertiary/aromatic N) is 2. The van der Waals surface area contributed by atoms with Gasteiger partial charge in [-0.1, -0.05) is 6.07 Å². The second kappa shape index (κ2) is 6.12. The fourth-order valence-electron chi connectivity index (χ4n) is 2.13. The van der Waals surface area contributed by atoms with Gasteiger partial charge in [-0.25, -0.2) is 0 Å². The van der Waals surface area contributed by atoms with Crippen molar-refractivity contribution in [2.45, 2.75) is 6.54 Å². The second-order valence-corrected chi connectivity index (χ2v) is 6.18. The summed E-state index contributed by atoms with van der Waals surface area (Å²) in [4.78, 5) is 12.7. The topological polar surface area (TPSA) is 75.5 Å². The van der Waals surface area contributed by atoms with Gasteiger partial charge < -0.3 is 5.32 Å². The molecular formula is C12H17N3O3S. The molecule has 1 aliphatic rings. The van der Waals surface area contributed by atoms with Crippen molar-refractivity contribution in [3.8, 4) is 0 Å². The molecule has 7 heteroatoms. The number of benzene rings is 1. The van der Waals surface area contributed by atoms with E-state index in [0.717, 1.165) is 25.2 Å². The third-order valence-electron chi connectivity index (χ3n) is 3.20. The largest absolute Gasteiger partial charge is 0.383 e. The Labute approximate surface area is 114 Å². The number of rotatable bonds is 4. The Hall–Kier alpha value is -1.47. The quantitative estimate of drug-likeness (QED) is 0.664. The highest BCUT2D eigenvalue weighted by atomic mass is 32.2. The van der Waals surface area contributed by atoms with Crippen molar-refractivity contribution >= 4 is 22.2 Å². The number of hydrogen-bond acceptors (Lipinski definition) is 5. The van der Waals surface area contributed by atoms with Crippen LogP contribution in [0, 0.1) is 10.1 Å². The molecule has 1 fully saturated rings. The van der Waals surface area contributed by atoms with Crippen molar-refractivity contribution in [2.24, 2.45) is 0 Å². The van der Waals surface area contributed by atoms with E-state index in [0.29, 0.717) is 17.2 Å². The fraction of sp³-hybridized carbons (Fsp3) is 0.500. The van der Waals surface area contributed by atoms with E-state index in [-0.39, 0.29) is 10.6 Å². The van der Waals surface area contributed by atoms with Crippen LogP contribution in [-0.4, -0.2) is 45.7 Å². The normalized spacial score (nSPS) is 17.3. The lowest BCUT2D eigenvalue weighted by atomic mass is 10.1. The number of nitro groups is 1. The van der Waals surface area contributed by atoms with E-state index in [9.17, 15) is 14.3 Å². The number of nitrogens with one attached hydrogen (secondary N) is 1. The first-order valence-electron chi connectivity index (χ1n) is 6.12. The van der Waals surface area contributed by atoms with Gasteiger partial charge in [0.15, 0.2) is 0 Å². The van der Waals surface area contributed by atoms with Gasteiger partial charge in [-0.3, -0.25) is 19.2 Å². The molecule has 1 aromatic carbocycles. The van der Waals surface area contributed by atoms with E-state index in [1.807, 2.05) is 6.07 Å². The van der Waals surface area contributed by atoms with Crippen LogP contribution in [0.15, 0.2) is 18.2 Å². The van der Waals surface area contributed by atoms with Crippen LogP contribution in [0.2, 0.25) is 0 Å². The third kappa shape index (κ3) is 3.51. The van der Waals surface area contributed by atoms with Gasteiger partial charge in [-0.15, -0.1) is 0 Å². The maximum absolute atomic E-state index is 11.3. The summed E-state index contributed by atoms with van der Waals surface area (Å²) >= 11 is 0. The standard InChI is InChI=1S/C12H17N3O3S/c1-13-11-8-10(2-3-12(11)15(16)17)9-14-4-6-19(18)7-5-14/h2-3,8,13H,4-7,9H2,1H3. The molecule has 1 aliphatic heterocycles. The number of hydrogen-bond donors (Lipinski definition) is 1. The Morgan fingerprint density at radius 1 is 1.42 bits per heavy atom. The van der Waals surface area contributed by atoms with E-state index in [2.05, 4.69) is 10.2 Å². The van der Waals surface area contributed by atoms with E-state index >= 15 is 0 Å². The van der Waals surface area contributed by atoms with E-state index < -0.39 is 10.8 Å². The molecule has 0 radical (unpaired) electrons. The Morgan fingerprint density at radius 2 is 2.11 bits per heavy atom. The molecule has 0 amide bonds. The summed E-state index contributed by atoms with van der Waals surface area (Å²) in [6.45, 7) is 2.38. The number of nitro benzene ring substituents is 1. The van der Waals surface area contributed by atoms with Crippen molar-refractivity contribution in [3.05, 3.63) is 33.9 Å². The minimum atomic E-state index is -0.678. The van der Waals surface area contributed by atoms with Crippen LogP contribution in [0.3, 0.4) is 0 Å². The van der Waals surface area contributed by atoms with Gasteiger partial charge in [0.2, 0.25) is 0 Å². The molecule has 1 aromatic rings. The maximum Gasteiger partial charge on any atom is 0.292 e. The van der Waals surface area contributed by atoms with Crippen molar-refractivity contribution in [2.75, 3.05) is 37.0 Å². The molecule has 0 atom stereocenters. The van der Waals surface area contributed by atoms with Gasteiger partial charge in [0.1, 0.15) is 5.69 Å². The molecule has 1 saturated heterocycles. The van der Waals surface area contributed by atoms with Crippen molar-refractivity contribution < 1.29 is 9.13 Å².